The Morgan fingerprint density at radius 1 is 1.06 bits per heavy atom. The van der Waals surface area contributed by atoms with E-state index in [9.17, 15) is 4.79 Å². The number of nitrogens with one attached hydrogen (secondary N) is 1. The molecule has 1 amide bonds. The molecule has 4 rings (SSSR count). The van der Waals surface area contributed by atoms with E-state index in [4.69, 9.17) is 21.1 Å². The number of anilines is 1. The molecule has 0 fully saturated rings. The summed E-state index contributed by atoms with van der Waals surface area (Å²) in [7, 11) is 1.58. The number of amides is 1. The van der Waals surface area contributed by atoms with Crippen molar-refractivity contribution >= 4 is 40.1 Å². The van der Waals surface area contributed by atoms with E-state index in [0.717, 1.165) is 22.4 Å². The lowest BCUT2D eigenvalue weighted by Gasteiger charge is -2.11. The van der Waals surface area contributed by atoms with E-state index in [1.807, 2.05) is 79.0 Å². The van der Waals surface area contributed by atoms with E-state index < -0.39 is 0 Å². The maximum absolute atomic E-state index is 12.4. The van der Waals surface area contributed by atoms with Crippen LogP contribution in [-0.2, 0) is 11.4 Å². The van der Waals surface area contributed by atoms with Gasteiger partial charge in [0.25, 0.3) is 0 Å². The van der Waals surface area contributed by atoms with Crippen molar-refractivity contribution in [2.45, 2.75) is 13.5 Å². The number of hydrogen-bond donors (Lipinski definition) is 1. The first-order chi connectivity index (χ1) is 16.5. The van der Waals surface area contributed by atoms with Crippen LogP contribution in [0.3, 0.4) is 0 Å². The average Bonchev–Trinajstić information content (AvgIpc) is 3.31. The Bertz CT molecular complexity index is 1300. The SMILES string of the molecule is COc1cc(/C=C/C(=O)Nc2nc(-c3ccc(C)cc3)cs2)ccc1OCc1ccc(Cl)cc1. The second-order valence-corrected chi connectivity index (χ2v) is 8.85. The van der Waals surface area contributed by atoms with Crippen molar-refractivity contribution in [3.05, 3.63) is 99.9 Å². The van der Waals surface area contributed by atoms with Crippen LogP contribution in [0.1, 0.15) is 16.7 Å². The van der Waals surface area contributed by atoms with E-state index in [-0.39, 0.29) is 5.91 Å². The minimum absolute atomic E-state index is 0.258. The number of thiazole rings is 1. The van der Waals surface area contributed by atoms with Crippen LogP contribution in [0.15, 0.2) is 78.2 Å². The molecule has 0 saturated heterocycles. The molecular weight excluding hydrogens is 468 g/mol. The summed E-state index contributed by atoms with van der Waals surface area (Å²) in [5.41, 5.74) is 4.85. The van der Waals surface area contributed by atoms with Crippen LogP contribution in [0.5, 0.6) is 11.5 Å². The van der Waals surface area contributed by atoms with Gasteiger partial charge in [0.2, 0.25) is 5.91 Å². The van der Waals surface area contributed by atoms with Gasteiger partial charge < -0.3 is 9.47 Å². The molecule has 0 radical (unpaired) electrons. The highest BCUT2D eigenvalue weighted by molar-refractivity contribution is 7.14. The van der Waals surface area contributed by atoms with Crippen molar-refractivity contribution in [3.63, 3.8) is 0 Å². The number of rotatable bonds is 8. The van der Waals surface area contributed by atoms with Crippen LogP contribution in [-0.4, -0.2) is 18.0 Å². The van der Waals surface area contributed by atoms with E-state index in [2.05, 4.69) is 10.3 Å². The maximum Gasteiger partial charge on any atom is 0.250 e. The number of carbonyl (C=O) groups excluding carboxylic acids is 1. The average molecular weight is 491 g/mol. The van der Waals surface area contributed by atoms with Gasteiger partial charge in [-0.1, -0.05) is 59.6 Å². The van der Waals surface area contributed by atoms with Gasteiger partial charge in [0, 0.05) is 22.0 Å². The molecule has 0 spiro atoms. The topological polar surface area (TPSA) is 60.5 Å². The minimum Gasteiger partial charge on any atom is -0.493 e. The molecule has 0 aliphatic heterocycles. The zero-order valence-electron chi connectivity index (χ0n) is 18.7. The molecule has 34 heavy (non-hydrogen) atoms. The summed E-state index contributed by atoms with van der Waals surface area (Å²) >= 11 is 7.31. The predicted octanol–water partition coefficient (Wildman–Crippen LogP) is 7.01. The first-order valence-electron chi connectivity index (χ1n) is 10.6. The lowest BCUT2D eigenvalue weighted by Crippen LogP contribution is -2.07. The second kappa shape index (κ2) is 11.0. The van der Waals surface area contributed by atoms with Crippen molar-refractivity contribution in [1.29, 1.82) is 0 Å². The third kappa shape index (κ3) is 6.25. The van der Waals surface area contributed by atoms with Crippen LogP contribution < -0.4 is 14.8 Å². The monoisotopic (exact) mass is 490 g/mol. The molecule has 1 N–H and O–H groups in total. The molecule has 4 aromatic rings. The Labute approximate surface area is 207 Å². The lowest BCUT2D eigenvalue weighted by molar-refractivity contribution is -0.111. The van der Waals surface area contributed by atoms with Crippen LogP contribution >= 0.6 is 22.9 Å². The molecule has 0 unspecified atom stereocenters. The first kappa shape index (κ1) is 23.5. The number of ether oxygens (including phenoxy) is 2. The number of methoxy groups -OCH3 is 1. The zero-order chi connectivity index (χ0) is 23.9. The van der Waals surface area contributed by atoms with Crippen LogP contribution in [0.25, 0.3) is 17.3 Å². The fraction of sp³-hybridized carbons (Fsp3) is 0.111. The van der Waals surface area contributed by atoms with Crippen molar-refractivity contribution in [1.82, 2.24) is 4.98 Å². The first-order valence-corrected chi connectivity index (χ1v) is 11.8. The Morgan fingerprint density at radius 2 is 1.82 bits per heavy atom. The van der Waals surface area contributed by atoms with Gasteiger partial charge in [0.05, 0.1) is 12.8 Å². The van der Waals surface area contributed by atoms with Crippen LogP contribution in [0, 0.1) is 6.92 Å². The van der Waals surface area contributed by atoms with Gasteiger partial charge in [-0.2, -0.15) is 0 Å². The Morgan fingerprint density at radius 3 is 2.56 bits per heavy atom. The summed E-state index contributed by atoms with van der Waals surface area (Å²) in [6.07, 6.45) is 3.19. The second-order valence-electron chi connectivity index (χ2n) is 7.55. The standard InChI is InChI=1S/C27H23ClN2O3S/c1-18-3-9-21(10-4-18)23-17-34-27(29-23)30-26(31)14-8-19-7-13-24(25(15-19)32-2)33-16-20-5-11-22(28)12-6-20/h3-15,17H,16H2,1-2H3,(H,29,30,31)/b14-8+. The number of hydrogen-bond acceptors (Lipinski definition) is 5. The summed E-state index contributed by atoms with van der Waals surface area (Å²) in [5, 5.41) is 5.97. The molecule has 7 heteroatoms. The van der Waals surface area contributed by atoms with Crippen LogP contribution in [0.4, 0.5) is 5.13 Å². The van der Waals surface area contributed by atoms with Gasteiger partial charge >= 0.3 is 0 Å². The summed E-state index contributed by atoms with van der Waals surface area (Å²) in [5.74, 6) is 0.941. The molecule has 0 bridgehead atoms. The quantitative estimate of drug-likeness (QED) is 0.270. The number of nitrogens with zero attached hydrogens (tertiary/aromatic N) is 1. The molecule has 0 aliphatic carbocycles. The smallest absolute Gasteiger partial charge is 0.250 e. The van der Waals surface area contributed by atoms with Crippen molar-refractivity contribution < 1.29 is 14.3 Å². The fourth-order valence-corrected chi connectivity index (χ4v) is 4.00. The van der Waals surface area contributed by atoms with Gasteiger partial charge in [-0.25, -0.2) is 4.98 Å². The molecule has 1 heterocycles. The summed E-state index contributed by atoms with van der Waals surface area (Å²) < 4.78 is 11.3. The summed E-state index contributed by atoms with van der Waals surface area (Å²) in [6, 6.07) is 21.1. The Kier molecular flexibility index (Phi) is 7.62. The van der Waals surface area contributed by atoms with Gasteiger partial charge in [-0.05, 0) is 48.4 Å². The molecule has 3 aromatic carbocycles. The largest absolute Gasteiger partial charge is 0.493 e. The zero-order valence-corrected chi connectivity index (χ0v) is 20.3. The lowest BCUT2D eigenvalue weighted by atomic mass is 10.1. The Balaban J connectivity index is 1.36. The third-order valence-corrected chi connectivity index (χ3v) is 6.01. The molecular formula is C27H23ClN2O3S. The van der Waals surface area contributed by atoms with E-state index >= 15 is 0 Å². The maximum atomic E-state index is 12.4. The third-order valence-electron chi connectivity index (χ3n) is 5.00. The number of halogens is 1. The van der Waals surface area contributed by atoms with E-state index in [0.29, 0.717) is 28.3 Å². The number of aryl methyl sites for hydroxylation is 1. The molecule has 5 nitrogen and oxygen atoms in total. The molecule has 0 saturated carbocycles. The van der Waals surface area contributed by atoms with Gasteiger partial charge in [-0.15, -0.1) is 11.3 Å². The fourth-order valence-electron chi connectivity index (χ4n) is 3.16. The summed E-state index contributed by atoms with van der Waals surface area (Å²) in [6.45, 7) is 2.43. The van der Waals surface area contributed by atoms with Gasteiger partial charge in [-0.3, -0.25) is 10.1 Å². The molecule has 172 valence electrons. The minimum atomic E-state index is -0.258. The number of benzene rings is 3. The Hall–Kier alpha value is -3.61. The molecule has 1 aromatic heterocycles. The van der Waals surface area contributed by atoms with Crippen molar-refractivity contribution in [2.75, 3.05) is 12.4 Å². The highest BCUT2D eigenvalue weighted by atomic mass is 35.5. The highest BCUT2D eigenvalue weighted by Crippen LogP contribution is 2.30. The number of carbonyl (C=O) groups is 1. The summed E-state index contributed by atoms with van der Waals surface area (Å²) in [4.78, 5) is 16.9. The van der Waals surface area contributed by atoms with E-state index in [1.54, 1.807) is 13.2 Å². The predicted molar refractivity (Wildman–Crippen MR) is 139 cm³/mol. The van der Waals surface area contributed by atoms with Gasteiger partial charge in [0.1, 0.15) is 6.61 Å². The van der Waals surface area contributed by atoms with Gasteiger partial charge in [0.15, 0.2) is 16.6 Å². The normalized spacial score (nSPS) is 10.9. The van der Waals surface area contributed by atoms with Crippen molar-refractivity contribution in [2.24, 2.45) is 0 Å². The van der Waals surface area contributed by atoms with Crippen molar-refractivity contribution in [3.8, 4) is 22.8 Å². The molecule has 0 atom stereocenters. The molecule has 0 aliphatic rings. The van der Waals surface area contributed by atoms with E-state index in [1.165, 1.54) is 23.0 Å². The van der Waals surface area contributed by atoms with Crippen LogP contribution in [0.2, 0.25) is 5.02 Å². The number of aromatic nitrogens is 1. The highest BCUT2D eigenvalue weighted by Gasteiger charge is 2.08.